The van der Waals surface area contributed by atoms with E-state index in [2.05, 4.69) is 10.2 Å². The van der Waals surface area contributed by atoms with Crippen LogP contribution in [0, 0.1) is 0 Å². The molecular weight excluding hydrogens is 532 g/mol. The quantitative estimate of drug-likeness (QED) is 0.509. The number of piperazine rings is 1. The van der Waals surface area contributed by atoms with Crippen LogP contribution in [0.3, 0.4) is 0 Å². The molecule has 1 atom stereocenters. The Kier molecular flexibility index (Phi) is 8.52. The molecule has 6 nitrogen and oxygen atoms in total. The lowest BCUT2D eigenvalue weighted by Gasteiger charge is -2.36. The van der Waals surface area contributed by atoms with Gasteiger partial charge in [-0.1, -0.05) is 52.5 Å². The number of halogens is 4. The van der Waals surface area contributed by atoms with E-state index in [1.54, 1.807) is 41.3 Å². The van der Waals surface area contributed by atoms with Crippen molar-refractivity contribution >= 4 is 58.2 Å². The van der Waals surface area contributed by atoms with Gasteiger partial charge in [0.05, 0.1) is 12.0 Å². The van der Waals surface area contributed by atoms with E-state index in [9.17, 15) is 14.7 Å². The number of aliphatic hydroxyl groups is 1. The summed E-state index contributed by atoms with van der Waals surface area (Å²) in [7, 11) is 0. The van der Waals surface area contributed by atoms with Crippen molar-refractivity contribution in [3.63, 3.8) is 0 Å². The molecule has 1 saturated carbocycles. The number of carbonyl (C=O) groups excluding carboxylic acids is 2. The number of β-amino-alcohol motifs (C(OH)–C–C–N with tert-alkyl or cyclic N) is 1. The topological polar surface area (TPSA) is 72.9 Å². The molecule has 1 heterocycles. The van der Waals surface area contributed by atoms with Crippen molar-refractivity contribution in [1.29, 1.82) is 0 Å². The lowest BCUT2D eigenvalue weighted by Crippen LogP contribution is -2.56. The van der Waals surface area contributed by atoms with Gasteiger partial charge in [0, 0.05) is 59.2 Å². The molecule has 2 aromatic carbocycles. The average Bonchev–Trinajstić information content (AvgIpc) is 3.60. The molecule has 1 aliphatic heterocycles. The zero-order valence-corrected chi connectivity index (χ0v) is 22.1. The van der Waals surface area contributed by atoms with Crippen LogP contribution in [0.15, 0.2) is 36.4 Å². The molecule has 1 aliphatic carbocycles. The minimum absolute atomic E-state index is 0.0808. The van der Waals surface area contributed by atoms with Crippen molar-refractivity contribution in [1.82, 2.24) is 15.1 Å². The SMILES string of the molecule is O=C([C@H](Cc1cc(Cl)cc(Cl)c1)NC(=O)C1(c2ccc(Cl)cc2Cl)CC1)N1CCN(CCO)CC1. The third-order valence-corrected chi connectivity index (χ3v) is 7.68. The number of hydrogen-bond donors (Lipinski definition) is 2. The molecule has 10 heteroatoms. The summed E-state index contributed by atoms with van der Waals surface area (Å²) in [5, 5.41) is 14.1. The molecule has 188 valence electrons. The van der Waals surface area contributed by atoms with Gasteiger partial charge in [0.25, 0.3) is 0 Å². The summed E-state index contributed by atoms with van der Waals surface area (Å²) in [4.78, 5) is 31.0. The molecule has 0 aromatic heterocycles. The summed E-state index contributed by atoms with van der Waals surface area (Å²) in [5.74, 6) is -0.386. The first kappa shape index (κ1) is 26.5. The van der Waals surface area contributed by atoms with Crippen molar-refractivity contribution in [2.75, 3.05) is 39.3 Å². The van der Waals surface area contributed by atoms with E-state index in [1.165, 1.54) is 0 Å². The Morgan fingerprint density at radius 1 is 0.943 bits per heavy atom. The Bertz CT molecular complexity index is 1080. The summed E-state index contributed by atoms with van der Waals surface area (Å²) in [6.45, 7) is 3.04. The van der Waals surface area contributed by atoms with Gasteiger partial charge in [-0.3, -0.25) is 14.5 Å². The second-order valence-electron chi connectivity index (χ2n) is 9.10. The first-order valence-corrected chi connectivity index (χ1v) is 13.1. The van der Waals surface area contributed by atoms with Gasteiger partial charge in [-0.05, 0) is 54.3 Å². The van der Waals surface area contributed by atoms with Gasteiger partial charge in [-0.15, -0.1) is 0 Å². The van der Waals surface area contributed by atoms with Crippen LogP contribution in [0.25, 0.3) is 0 Å². The smallest absolute Gasteiger partial charge is 0.245 e. The molecule has 2 amide bonds. The van der Waals surface area contributed by atoms with E-state index >= 15 is 0 Å². The van der Waals surface area contributed by atoms with Crippen LogP contribution in [-0.2, 0) is 21.4 Å². The van der Waals surface area contributed by atoms with Gasteiger partial charge in [0.2, 0.25) is 11.8 Å². The minimum atomic E-state index is -0.787. The predicted molar refractivity (Wildman–Crippen MR) is 140 cm³/mol. The number of rotatable bonds is 8. The zero-order chi connectivity index (χ0) is 25.2. The highest BCUT2D eigenvalue weighted by Crippen LogP contribution is 2.51. The van der Waals surface area contributed by atoms with E-state index in [-0.39, 0.29) is 24.8 Å². The van der Waals surface area contributed by atoms with E-state index < -0.39 is 11.5 Å². The third-order valence-electron chi connectivity index (χ3n) is 6.70. The molecule has 2 fully saturated rings. The second-order valence-corrected chi connectivity index (χ2v) is 10.8. The van der Waals surface area contributed by atoms with Crippen LogP contribution in [0.1, 0.15) is 24.0 Å². The molecule has 0 bridgehead atoms. The number of carbonyl (C=O) groups is 2. The number of amides is 2. The molecule has 35 heavy (non-hydrogen) atoms. The maximum Gasteiger partial charge on any atom is 0.245 e. The van der Waals surface area contributed by atoms with Crippen LogP contribution < -0.4 is 5.32 Å². The number of aliphatic hydroxyl groups excluding tert-OH is 1. The molecule has 0 spiro atoms. The fourth-order valence-electron chi connectivity index (χ4n) is 4.64. The monoisotopic (exact) mass is 557 g/mol. The van der Waals surface area contributed by atoms with Crippen LogP contribution >= 0.6 is 46.4 Å². The van der Waals surface area contributed by atoms with Crippen LogP contribution in [0.5, 0.6) is 0 Å². The summed E-state index contributed by atoms with van der Waals surface area (Å²) < 4.78 is 0. The Morgan fingerprint density at radius 3 is 2.17 bits per heavy atom. The van der Waals surface area contributed by atoms with Crippen molar-refractivity contribution in [3.05, 3.63) is 67.6 Å². The van der Waals surface area contributed by atoms with Crippen LogP contribution in [-0.4, -0.2) is 72.1 Å². The van der Waals surface area contributed by atoms with E-state index in [0.29, 0.717) is 65.7 Å². The Labute approximate surface area is 225 Å². The molecule has 2 N–H and O–H groups in total. The standard InChI is InChI=1S/C25H27Cl4N3O3/c26-17-1-2-20(21(29)15-17)25(3-4-25)24(35)30-22(13-16-11-18(27)14-19(28)12-16)23(34)32-7-5-31(6-8-32)9-10-33/h1-2,11-12,14-15,22,33H,3-10,13H2,(H,30,35)/t22-/m0/s1. The molecule has 2 aliphatic rings. The highest BCUT2D eigenvalue weighted by Gasteiger charge is 2.53. The fraction of sp³-hybridized carbons (Fsp3) is 0.440. The van der Waals surface area contributed by atoms with Gasteiger partial charge in [0.1, 0.15) is 6.04 Å². The number of nitrogens with one attached hydrogen (secondary N) is 1. The first-order valence-electron chi connectivity index (χ1n) is 11.6. The van der Waals surface area contributed by atoms with Gasteiger partial charge in [-0.25, -0.2) is 0 Å². The Morgan fingerprint density at radius 2 is 1.60 bits per heavy atom. The van der Waals surface area contributed by atoms with Crippen LogP contribution in [0.2, 0.25) is 20.1 Å². The van der Waals surface area contributed by atoms with Gasteiger partial charge >= 0.3 is 0 Å². The van der Waals surface area contributed by atoms with Gasteiger partial charge < -0.3 is 15.3 Å². The van der Waals surface area contributed by atoms with Gasteiger partial charge in [-0.2, -0.15) is 0 Å². The highest BCUT2D eigenvalue weighted by atomic mass is 35.5. The molecule has 0 unspecified atom stereocenters. The molecular formula is C25H27Cl4N3O3. The van der Waals surface area contributed by atoms with Crippen molar-refractivity contribution in [2.24, 2.45) is 0 Å². The van der Waals surface area contributed by atoms with E-state index in [4.69, 9.17) is 46.4 Å². The molecule has 4 rings (SSSR count). The maximum atomic E-state index is 13.6. The molecule has 0 radical (unpaired) electrons. The van der Waals surface area contributed by atoms with E-state index in [0.717, 1.165) is 11.1 Å². The zero-order valence-electron chi connectivity index (χ0n) is 19.1. The molecule has 2 aromatic rings. The first-order chi connectivity index (χ1) is 16.7. The third kappa shape index (κ3) is 6.24. The number of benzene rings is 2. The summed E-state index contributed by atoms with van der Waals surface area (Å²) in [6, 6.07) is 9.48. The van der Waals surface area contributed by atoms with Crippen molar-refractivity contribution < 1.29 is 14.7 Å². The molecule has 1 saturated heterocycles. The largest absolute Gasteiger partial charge is 0.395 e. The highest BCUT2D eigenvalue weighted by molar-refractivity contribution is 6.35. The summed E-state index contributed by atoms with van der Waals surface area (Å²) >= 11 is 24.9. The second kappa shape index (κ2) is 11.2. The summed E-state index contributed by atoms with van der Waals surface area (Å²) in [5.41, 5.74) is 0.705. The number of hydrogen-bond acceptors (Lipinski definition) is 4. The predicted octanol–water partition coefficient (Wildman–Crippen LogP) is 4.20. The normalized spacial score (nSPS) is 18.3. The Hall–Kier alpha value is -1.54. The van der Waals surface area contributed by atoms with Crippen molar-refractivity contribution in [2.45, 2.75) is 30.7 Å². The van der Waals surface area contributed by atoms with Gasteiger partial charge in [0.15, 0.2) is 0 Å². The minimum Gasteiger partial charge on any atom is -0.395 e. The fourth-order valence-corrected chi connectivity index (χ4v) is 5.80. The summed E-state index contributed by atoms with van der Waals surface area (Å²) in [6.07, 6.45) is 1.54. The average molecular weight is 559 g/mol. The van der Waals surface area contributed by atoms with E-state index in [1.807, 2.05) is 0 Å². The number of nitrogens with zero attached hydrogens (tertiary/aromatic N) is 2. The Balaban J connectivity index is 1.55. The lowest BCUT2D eigenvalue weighted by molar-refractivity contribution is -0.138. The maximum absolute atomic E-state index is 13.6. The van der Waals surface area contributed by atoms with Crippen LogP contribution in [0.4, 0.5) is 0 Å². The van der Waals surface area contributed by atoms with Crippen molar-refractivity contribution in [3.8, 4) is 0 Å². The lowest BCUT2D eigenvalue weighted by atomic mass is 9.93.